The summed E-state index contributed by atoms with van der Waals surface area (Å²) in [4.78, 5) is 13.8. The van der Waals surface area contributed by atoms with E-state index in [1.165, 1.54) is 19.1 Å². The molecule has 0 aromatic heterocycles. The molecule has 5 heteroatoms. The first kappa shape index (κ1) is 13.5. The molecule has 1 unspecified atom stereocenters. The summed E-state index contributed by atoms with van der Waals surface area (Å²) in [7, 11) is 3.01. The van der Waals surface area contributed by atoms with E-state index >= 15 is 0 Å². The number of aryl methyl sites for hydroxylation is 1. The van der Waals surface area contributed by atoms with Crippen molar-refractivity contribution in [2.24, 2.45) is 0 Å². The van der Waals surface area contributed by atoms with E-state index < -0.39 is 12.3 Å². The van der Waals surface area contributed by atoms with Crippen LogP contribution in [0.25, 0.3) is 0 Å². The minimum absolute atomic E-state index is 0.152. The van der Waals surface area contributed by atoms with Gasteiger partial charge in [0.05, 0.1) is 12.6 Å². The smallest absolute Gasteiger partial charge is 0.255 e. The van der Waals surface area contributed by atoms with Crippen LogP contribution in [0.4, 0.5) is 0 Å². The summed E-state index contributed by atoms with van der Waals surface area (Å²) < 4.78 is 10.2. The molecule has 1 aliphatic heterocycles. The van der Waals surface area contributed by atoms with Crippen molar-refractivity contribution >= 4 is 5.91 Å². The Kier molecular flexibility index (Phi) is 3.84. The van der Waals surface area contributed by atoms with Crippen LogP contribution in [0.3, 0.4) is 0 Å². The van der Waals surface area contributed by atoms with Crippen LogP contribution in [0, 0.1) is 18.3 Å². The summed E-state index contributed by atoms with van der Waals surface area (Å²) in [6.45, 7) is 2.17. The molecule has 0 spiro atoms. The molecule has 1 aromatic rings. The highest BCUT2D eigenvalue weighted by Crippen LogP contribution is 2.33. The van der Waals surface area contributed by atoms with E-state index in [4.69, 9.17) is 9.47 Å². The summed E-state index contributed by atoms with van der Waals surface area (Å²) in [5.41, 5.74) is 2.38. The van der Waals surface area contributed by atoms with Gasteiger partial charge in [-0.2, -0.15) is 5.26 Å². The van der Waals surface area contributed by atoms with E-state index in [0.717, 1.165) is 11.1 Å². The number of fused-ring (bicyclic) bond motifs is 1. The number of ether oxygens (including phenoxy) is 2. The Balaban J connectivity index is 2.34. The number of amides is 1. The third-order valence-electron chi connectivity index (χ3n) is 3.30. The fraction of sp³-hybridized carbons (Fsp3) is 0.429. The average molecular weight is 260 g/mol. The van der Waals surface area contributed by atoms with Gasteiger partial charge in [-0.15, -0.1) is 0 Å². The molecule has 100 valence electrons. The zero-order valence-electron chi connectivity index (χ0n) is 11.2. The first-order chi connectivity index (χ1) is 9.12. The Labute approximate surface area is 112 Å². The third-order valence-corrected chi connectivity index (χ3v) is 3.30. The molecule has 0 aliphatic carbocycles. The summed E-state index contributed by atoms with van der Waals surface area (Å²) >= 11 is 0. The number of carbonyl (C=O) groups is 1. The van der Waals surface area contributed by atoms with Gasteiger partial charge in [0, 0.05) is 25.3 Å². The van der Waals surface area contributed by atoms with E-state index in [1.807, 2.05) is 19.1 Å². The number of methoxy groups -OCH3 is 2. The van der Waals surface area contributed by atoms with Gasteiger partial charge in [0.1, 0.15) is 6.04 Å². The maximum Gasteiger partial charge on any atom is 0.255 e. The highest BCUT2D eigenvalue weighted by atomic mass is 16.7. The normalized spacial score (nSPS) is 17.7. The predicted octanol–water partition coefficient (Wildman–Crippen LogP) is 1.63. The van der Waals surface area contributed by atoms with Gasteiger partial charge in [0.2, 0.25) is 0 Å². The van der Waals surface area contributed by atoms with Gasteiger partial charge in [-0.3, -0.25) is 4.79 Å². The van der Waals surface area contributed by atoms with Gasteiger partial charge in [-0.1, -0.05) is 17.7 Å². The van der Waals surface area contributed by atoms with Crippen molar-refractivity contribution in [2.75, 3.05) is 20.8 Å². The van der Waals surface area contributed by atoms with Crippen LogP contribution in [0.1, 0.15) is 27.5 Å². The minimum atomic E-state index is -0.574. The number of nitriles is 1. The van der Waals surface area contributed by atoms with Crippen molar-refractivity contribution in [1.82, 2.24) is 4.90 Å². The standard InChI is InChI=1S/C14H16N2O3/c1-9-4-5-10-11(6-9)12(7-15)16(14(10)17)8-13(18-2)19-3/h4-6,12-13H,8H2,1-3H3. The molecule has 0 saturated carbocycles. The Hall–Kier alpha value is -1.90. The first-order valence-corrected chi connectivity index (χ1v) is 5.99. The van der Waals surface area contributed by atoms with Crippen LogP contribution in [0.2, 0.25) is 0 Å². The molecular formula is C14H16N2O3. The number of nitrogens with zero attached hydrogens (tertiary/aromatic N) is 2. The Morgan fingerprint density at radius 2 is 2.11 bits per heavy atom. The number of hydrogen-bond acceptors (Lipinski definition) is 4. The molecule has 0 radical (unpaired) electrons. The lowest BCUT2D eigenvalue weighted by molar-refractivity contribution is -0.113. The van der Waals surface area contributed by atoms with Gasteiger partial charge in [-0.25, -0.2) is 0 Å². The largest absolute Gasteiger partial charge is 0.354 e. The lowest BCUT2D eigenvalue weighted by atomic mass is 10.0. The molecule has 0 saturated heterocycles. The van der Waals surface area contributed by atoms with Crippen LogP contribution >= 0.6 is 0 Å². The van der Waals surface area contributed by atoms with E-state index in [9.17, 15) is 10.1 Å². The number of rotatable bonds is 4. The molecule has 0 bridgehead atoms. The van der Waals surface area contributed by atoms with Crippen molar-refractivity contribution in [2.45, 2.75) is 19.3 Å². The van der Waals surface area contributed by atoms with Crippen molar-refractivity contribution in [3.05, 3.63) is 34.9 Å². The summed E-state index contributed by atoms with van der Waals surface area (Å²) in [6, 6.07) is 7.13. The van der Waals surface area contributed by atoms with Crippen LogP contribution < -0.4 is 0 Å². The highest BCUT2D eigenvalue weighted by Gasteiger charge is 2.38. The fourth-order valence-corrected chi connectivity index (χ4v) is 2.28. The quantitative estimate of drug-likeness (QED) is 0.772. The molecule has 1 heterocycles. The van der Waals surface area contributed by atoms with Crippen LogP contribution in [-0.4, -0.2) is 37.9 Å². The van der Waals surface area contributed by atoms with Crippen molar-refractivity contribution in [3.8, 4) is 6.07 Å². The second-order valence-corrected chi connectivity index (χ2v) is 4.48. The summed E-state index contributed by atoms with van der Waals surface area (Å²) in [6.07, 6.45) is -0.532. The Bertz CT molecular complexity index is 532. The van der Waals surface area contributed by atoms with E-state index in [0.29, 0.717) is 5.56 Å². The maximum atomic E-state index is 12.3. The predicted molar refractivity (Wildman–Crippen MR) is 68.4 cm³/mol. The third kappa shape index (κ3) is 2.33. The second kappa shape index (κ2) is 5.39. The zero-order valence-corrected chi connectivity index (χ0v) is 11.2. The van der Waals surface area contributed by atoms with Crippen molar-refractivity contribution in [3.63, 3.8) is 0 Å². The highest BCUT2D eigenvalue weighted by molar-refractivity contribution is 5.99. The lowest BCUT2D eigenvalue weighted by Crippen LogP contribution is -2.36. The van der Waals surface area contributed by atoms with Crippen LogP contribution in [0.5, 0.6) is 0 Å². The lowest BCUT2D eigenvalue weighted by Gasteiger charge is -2.24. The fourth-order valence-electron chi connectivity index (χ4n) is 2.28. The summed E-state index contributed by atoms with van der Waals surface area (Å²) in [5, 5.41) is 9.32. The zero-order chi connectivity index (χ0) is 14.0. The number of carbonyl (C=O) groups excluding carboxylic acids is 1. The second-order valence-electron chi connectivity index (χ2n) is 4.48. The van der Waals surface area contributed by atoms with Gasteiger partial charge >= 0.3 is 0 Å². The molecule has 1 aliphatic rings. The minimum Gasteiger partial charge on any atom is -0.354 e. The molecule has 1 amide bonds. The monoisotopic (exact) mass is 260 g/mol. The van der Waals surface area contributed by atoms with Gasteiger partial charge in [0.25, 0.3) is 5.91 Å². The first-order valence-electron chi connectivity index (χ1n) is 5.99. The Morgan fingerprint density at radius 3 is 2.68 bits per heavy atom. The van der Waals surface area contributed by atoms with Crippen molar-refractivity contribution in [1.29, 1.82) is 5.26 Å². The van der Waals surface area contributed by atoms with E-state index in [-0.39, 0.29) is 12.5 Å². The van der Waals surface area contributed by atoms with Gasteiger partial charge in [-0.05, 0) is 13.0 Å². The summed E-state index contributed by atoms with van der Waals surface area (Å²) in [5.74, 6) is -0.152. The van der Waals surface area contributed by atoms with Crippen LogP contribution in [-0.2, 0) is 9.47 Å². The van der Waals surface area contributed by atoms with E-state index in [1.54, 1.807) is 6.07 Å². The number of hydrogen-bond donors (Lipinski definition) is 0. The van der Waals surface area contributed by atoms with Gasteiger partial charge in [0.15, 0.2) is 6.29 Å². The van der Waals surface area contributed by atoms with Gasteiger partial charge < -0.3 is 14.4 Å². The molecule has 2 rings (SSSR count). The molecule has 1 atom stereocenters. The maximum absolute atomic E-state index is 12.3. The molecular weight excluding hydrogens is 244 g/mol. The van der Waals surface area contributed by atoms with E-state index in [2.05, 4.69) is 6.07 Å². The van der Waals surface area contributed by atoms with Crippen LogP contribution in [0.15, 0.2) is 18.2 Å². The SMILES string of the molecule is COC(CN1C(=O)c2ccc(C)cc2C1C#N)OC. The number of benzene rings is 1. The molecule has 1 aromatic carbocycles. The molecule has 5 nitrogen and oxygen atoms in total. The average Bonchev–Trinajstić information content (AvgIpc) is 2.67. The van der Waals surface area contributed by atoms with Crippen molar-refractivity contribution < 1.29 is 14.3 Å². The Morgan fingerprint density at radius 1 is 1.42 bits per heavy atom. The topological polar surface area (TPSA) is 62.6 Å². The molecule has 0 N–H and O–H groups in total. The molecule has 19 heavy (non-hydrogen) atoms. The molecule has 0 fully saturated rings.